The fraction of sp³-hybridized carbons (Fsp3) is 0. The molecule has 21 heavy (non-hydrogen) atoms. The molecular formula is C12H8BrClN2O4S. The van der Waals surface area contributed by atoms with E-state index in [9.17, 15) is 13.2 Å². The highest BCUT2D eigenvalue weighted by atomic mass is 79.9. The number of aromatic nitrogens is 1. The highest BCUT2D eigenvalue weighted by Gasteiger charge is 2.20. The highest BCUT2D eigenvalue weighted by Crippen LogP contribution is 2.25. The van der Waals surface area contributed by atoms with E-state index in [0.717, 1.165) is 6.07 Å². The molecule has 0 radical (unpaired) electrons. The van der Waals surface area contributed by atoms with Gasteiger partial charge in [0.25, 0.3) is 10.0 Å². The molecule has 1 heterocycles. The molecule has 0 aliphatic carbocycles. The van der Waals surface area contributed by atoms with Crippen LogP contribution in [0, 0.1) is 0 Å². The number of halogens is 2. The molecule has 0 aliphatic rings. The number of carboxylic acid groups (broad SMARTS) is 1. The Balaban J connectivity index is 2.41. The van der Waals surface area contributed by atoms with Crippen LogP contribution >= 0.6 is 27.5 Å². The zero-order valence-corrected chi connectivity index (χ0v) is 13.4. The summed E-state index contributed by atoms with van der Waals surface area (Å²) in [7, 11) is -4.04. The van der Waals surface area contributed by atoms with Crippen LogP contribution in [-0.4, -0.2) is 24.5 Å². The highest BCUT2D eigenvalue weighted by molar-refractivity contribution is 9.10. The van der Waals surface area contributed by atoms with Crippen molar-refractivity contribution in [1.82, 2.24) is 4.98 Å². The third kappa shape index (κ3) is 3.72. The Morgan fingerprint density at radius 1 is 1.29 bits per heavy atom. The van der Waals surface area contributed by atoms with Gasteiger partial charge < -0.3 is 5.11 Å². The van der Waals surface area contributed by atoms with Crippen LogP contribution in [0.5, 0.6) is 0 Å². The van der Waals surface area contributed by atoms with Gasteiger partial charge in [0.05, 0.1) is 10.6 Å². The largest absolute Gasteiger partial charge is 0.478 e. The average molecular weight is 392 g/mol. The van der Waals surface area contributed by atoms with Gasteiger partial charge in [-0.2, -0.15) is 0 Å². The van der Waals surface area contributed by atoms with Crippen molar-refractivity contribution in [3.05, 3.63) is 51.6 Å². The number of carboxylic acids is 1. The van der Waals surface area contributed by atoms with E-state index in [0.29, 0.717) is 4.47 Å². The fourth-order valence-corrected chi connectivity index (χ4v) is 3.24. The Morgan fingerprint density at radius 2 is 2.00 bits per heavy atom. The van der Waals surface area contributed by atoms with Gasteiger partial charge in [0.1, 0.15) is 10.7 Å². The summed E-state index contributed by atoms with van der Waals surface area (Å²) in [6.07, 6.45) is 1.42. The molecule has 0 aliphatic heterocycles. The standard InChI is InChI=1S/C12H8BrClN2O4S/c13-8-2-4-11(15-6-8)16-21(19,20)10-5-7(12(17)18)1-3-9(10)14/h1-6H,(H,15,16)(H,17,18). The Morgan fingerprint density at radius 3 is 2.57 bits per heavy atom. The number of hydrogen-bond donors (Lipinski definition) is 2. The number of carbonyl (C=O) groups is 1. The van der Waals surface area contributed by atoms with Crippen LogP contribution in [0.2, 0.25) is 5.02 Å². The van der Waals surface area contributed by atoms with E-state index in [4.69, 9.17) is 16.7 Å². The van der Waals surface area contributed by atoms with Crippen molar-refractivity contribution in [2.45, 2.75) is 4.90 Å². The third-order valence-electron chi connectivity index (χ3n) is 2.43. The van der Waals surface area contributed by atoms with Crippen molar-refractivity contribution in [2.75, 3.05) is 4.72 Å². The number of benzene rings is 1. The van der Waals surface area contributed by atoms with E-state index in [-0.39, 0.29) is 21.3 Å². The van der Waals surface area contributed by atoms with Crippen molar-refractivity contribution in [3.8, 4) is 0 Å². The van der Waals surface area contributed by atoms with Crippen molar-refractivity contribution in [1.29, 1.82) is 0 Å². The number of anilines is 1. The minimum Gasteiger partial charge on any atom is -0.478 e. The van der Waals surface area contributed by atoms with Gasteiger partial charge in [-0.1, -0.05) is 11.6 Å². The van der Waals surface area contributed by atoms with Crippen molar-refractivity contribution >= 4 is 49.3 Å². The quantitative estimate of drug-likeness (QED) is 0.835. The lowest BCUT2D eigenvalue weighted by atomic mass is 10.2. The van der Waals surface area contributed by atoms with Gasteiger partial charge in [-0.05, 0) is 46.3 Å². The predicted molar refractivity (Wildman–Crippen MR) is 81.2 cm³/mol. The molecule has 110 valence electrons. The van der Waals surface area contributed by atoms with Gasteiger partial charge in [-0.3, -0.25) is 4.72 Å². The van der Waals surface area contributed by atoms with Gasteiger partial charge in [-0.15, -0.1) is 0 Å². The molecule has 0 saturated heterocycles. The summed E-state index contributed by atoms with van der Waals surface area (Å²) in [4.78, 5) is 14.5. The molecule has 2 rings (SSSR count). The zero-order valence-electron chi connectivity index (χ0n) is 10.2. The second-order valence-corrected chi connectivity index (χ2v) is 6.89. The number of nitrogens with one attached hydrogen (secondary N) is 1. The molecule has 0 fully saturated rings. The van der Waals surface area contributed by atoms with Crippen LogP contribution in [0.25, 0.3) is 0 Å². The molecule has 2 N–H and O–H groups in total. The molecule has 0 spiro atoms. The Labute approximate surface area is 134 Å². The van der Waals surface area contributed by atoms with Crippen LogP contribution in [0.1, 0.15) is 10.4 Å². The Kier molecular flexibility index (Phi) is 4.50. The molecule has 1 aromatic heterocycles. The van der Waals surface area contributed by atoms with E-state index in [1.807, 2.05) is 0 Å². The summed E-state index contributed by atoms with van der Waals surface area (Å²) >= 11 is 9.02. The monoisotopic (exact) mass is 390 g/mol. The molecule has 2 aromatic rings. The summed E-state index contributed by atoms with van der Waals surface area (Å²) in [6, 6.07) is 6.50. The van der Waals surface area contributed by atoms with Crippen LogP contribution in [-0.2, 0) is 10.0 Å². The molecule has 0 unspecified atom stereocenters. The number of aromatic carboxylic acids is 1. The summed E-state index contributed by atoms with van der Waals surface area (Å²) < 4.78 is 27.4. The van der Waals surface area contributed by atoms with Crippen molar-refractivity contribution in [3.63, 3.8) is 0 Å². The van der Waals surface area contributed by atoms with E-state index >= 15 is 0 Å². The predicted octanol–water partition coefficient (Wildman–Crippen LogP) is 3.00. The molecule has 0 atom stereocenters. The number of nitrogens with zero attached hydrogens (tertiary/aromatic N) is 1. The minimum atomic E-state index is -4.04. The first kappa shape index (κ1) is 15.7. The van der Waals surface area contributed by atoms with Crippen molar-refractivity contribution < 1.29 is 18.3 Å². The van der Waals surface area contributed by atoms with Crippen LogP contribution in [0.4, 0.5) is 5.82 Å². The molecule has 1 aromatic carbocycles. The van der Waals surface area contributed by atoms with Gasteiger partial charge in [0.2, 0.25) is 0 Å². The van der Waals surface area contributed by atoms with E-state index in [1.54, 1.807) is 6.07 Å². The van der Waals surface area contributed by atoms with Crippen molar-refractivity contribution in [2.24, 2.45) is 0 Å². The third-order valence-corrected chi connectivity index (χ3v) is 4.74. The molecule has 0 amide bonds. The Bertz CT molecular complexity index is 793. The number of pyridine rings is 1. The maximum absolute atomic E-state index is 12.2. The lowest BCUT2D eigenvalue weighted by Gasteiger charge is -2.09. The summed E-state index contributed by atoms with van der Waals surface area (Å²) in [5.41, 5.74) is -0.177. The maximum atomic E-state index is 12.2. The summed E-state index contributed by atoms with van der Waals surface area (Å²) in [5.74, 6) is -1.15. The van der Waals surface area contributed by atoms with E-state index in [2.05, 4.69) is 25.6 Å². The lowest BCUT2D eigenvalue weighted by molar-refractivity contribution is 0.0696. The van der Waals surface area contributed by atoms with Gasteiger partial charge in [-0.25, -0.2) is 18.2 Å². The topological polar surface area (TPSA) is 96.4 Å². The second-order valence-electron chi connectivity index (χ2n) is 3.92. The van der Waals surface area contributed by atoms with Crippen LogP contribution < -0.4 is 4.72 Å². The summed E-state index contributed by atoms with van der Waals surface area (Å²) in [5, 5.41) is 8.83. The van der Waals surface area contributed by atoms with Gasteiger partial charge in [0.15, 0.2) is 0 Å². The molecule has 0 bridgehead atoms. The van der Waals surface area contributed by atoms with E-state index in [1.165, 1.54) is 24.4 Å². The lowest BCUT2D eigenvalue weighted by Crippen LogP contribution is -2.15. The number of sulfonamides is 1. The normalized spacial score (nSPS) is 11.1. The first-order chi connectivity index (χ1) is 9.79. The molecule has 9 heteroatoms. The SMILES string of the molecule is O=C(O)c1ccc(Cl)c(S(=O)(=O)Nc2ccc(Br)cn2)c1. The molecular weight excluding hydrogens is 384 g/mol. The smallest absolute Gasteiger partial charge is 0.335 e. The second kappa shape index (κ2) is 6.00. The summed E-state index contributed by atoms with van der Waals surface area (Å²) in [6.45, 7) is 0. The number of rotatable bonds is 4. The average Bonchev–Trinajstić information content (AvgIpc) is 2.41. The first-order valence-electron chi connectivity index (χ1n) is 5.47. The molecule has 6 nitrogen and oxygen atoms in total. The van der Waals surface area contributed by atoms with Gasteiger partial charge >= 0.3 is 5.97 Å². The first-order valence-corrected chi connectivity index (χ1v) is 8.12. The van der Waals surface area contributed by atoms with Gasteiger partial charge in [0, 0.05) is 10.7 Å². The maximum Gasteiger partial charge on any atom is 0.335 e. The minimum absolute atomic E-state index is 0.0791. The van der Waals surface area contributed by atoms with E-state index < -0.39 is 16.0 Å². The van der Waals surface area contributed by atoms with Crippen LogP contribution in [0.15, 0.2) is 45.9 Å². The number of hydrogen-bond acceptors (Lipinski definition) is 4. The Hall–Kier alpha value is -1.64. The molecule has 0 saturated carbocycles. The fourth-order valence-electron chi connectivity index (χ4n) is 1.47. The zero-order chi connectivity index (χ0) is 15.6. The van der Waals surface area contributed by atoms with Crippen LogP contribution in [0.3, 0.4) is 0 Å².